The van der Waals surface area contributed by atoms with Crippen LogP contribution in [0.1, 0.15) is 31.4 Å². The number of benzene rings is 1. The summed E-state index contributed by atoms with van der Waals surface area (Å²) < 4.78 is 0. The summed E-state index contributed by atoms with van der Waals surface area (Å²) >= 11 is 1.39. The third kappa shape index (κ3) is 2.79. The maximum Gasteiger partial charge on any atom is 0.336 e. The number of nitrogens with zero attached hydrogens (tertiary/aromatic N) is 1. The third-order valence-electron chi connectivity index (χ3n) is 2.66. The van der Waals surface area contributed by atoms with E-state index in [0.29, 0.717) is 16.9 Å². The summed E-state index contributed by atoms with van der Waals surface area (Å²) in [6.07, 6.45) is 0. The average molecular weight is 276 g/mol. The first-order chi connectivity index (χ1) is 8.99. The fraction of sp³-hybridized carbons (Fsp3) is 0.154. The summed E-state index contributed by atoms with van der Waals surface area (Å²) in [6.45, 7) is 3.48. The molecule has 0 aliphatic carbocycles. The number of aromatic carboxylic acids is 1. The number of carboxylic acids is 1. The van der Waals surface area contributed by atoms with Crippen molar-refractivity contribution in [3.8, 4) is 0 Å². The van der Waals surface area contributed by atoms with E-state index >= 15 is 0 Å². The van der Waals surface area contributed by atoms with Crippen molar-refractivity contribution in [2.75, 3.05) is 5.32 Å². The van der Waals surface area contributed by atoms with Crippen molar-refractivity contribution in [2.24, 2.45) is 0 Å². The molecule has 5 nitrogen and oxygen atoms in total. The summed E-state index contributed by atoms with van der Waals surface area (Å²) in [5.41, 5.74) is 1.51. The van der Waals surface area contributed by atoms with Gasteiger partial charge in [0.1, 0.15) is 5.69 Å². The second-order valence-electron chi connectivity index (χ2n) is 3.99. The Morgan fingerprint density at radius 3 is 2.63 bits per heavy atom. The second kappa shape index (κ2) is 5.19. The van der Waals surface area contributed by atoms with E-state index in [4.69, 9.17) is 5.11 Å². The fourth-order valence-electron chi connectivity index (χ4n) is 1.66. The third-order valence-corrected chi connectivity index (χ3v) is 3.44. The maximum absolute atomic E-state index is 11.9. The van der Waals surface area contributed by atoms with E-state index in [-0.39, 0.29) is 11.5 Å². The zero-order valence-electron chi connectivity index (χ0n) is 10.4. The molecule has 0 fully saturated rings. The zero-order valence-corrected chi connectivity index (χ0v) is 11.2. The van der Waals surface area contributed by atoms with Crippen LogP contribution in [0.3, 0.4) is 0 Å². The molecule has 19 heavy (non-hydrogen) atoms. The molecule has 1 aromatic carbocycles. The minimum atomic E-state index is -1.02. The zero-order chi connectivity index (χ0) is 14.0. The Bertz CT molecular complexity index is 649. The Morgan fingerprint density at radius 1 is 1.32 bits per heavy atom. The molecule has 1 aromatic heterocycles. The molecule has 6 heteroatoms. The SMILES string of the molecule is Cc1nc(C(=O)Nc2cccc(C(=O)O)c2C)cs1. The predicted octanol–water partition coefficient (Wildman–Crippen LogP) is 2.71. The Morgan fingerprint density at radius 2 is 2.05 bits per heavy atom. The molecule has 0 saturated heterocycles. The minimum absolute atomic E-state index is 0.173. The first kappa shape index (κ1) is 13.2. The Hall–Kier alpha value is -2.21. The standard InChI is InChI=1S/C13H12N2O3S/c1-7-9(13(17)18)4-3-5-10(7)15-12(16)11-6-19-8(2)14-11/h3-6H,1-2H3,(H,15,16)(H,17,18). The number of carboxylic acid groups (broad SMARTS) is 1. The normalized spacial score (nSPS) is 10.2. The van der Waals surface area contributed by atoms with Crippen LogP contribution >= 0.6 is 11.3 Å². The molecule has 0 radical (unpaired) electrons. The number of nitrogens with one attached hydrogen (secondary N) is 1. The van der Waals surface area contributed by atoms with Crippen LogP contribution in [0, 0.1) is 13.8 Å². The van der Waals surface area contributed by atoms with Gasteiger partial charge in [0.2, 0.25) is 0 Å². The number of hydrogen-bond donors (Lipinski definition) is 2. The minimum Gasteiger partial charge on any atom is -0.478 e. The Labute approximate surface area is 113 Å². The highest BCUT2D eigenvalue weighted by molar-refractivity contribution is 7.09. The molecule has 0 atom stereocenters. The lowest BCUT2D eigenvalue weighted by Gasteiger charge is -2.09. The molecule has 1 amide bonds. The second-order valence-corrected chi connectivity index (χ2v) is 5.05. The van der Waals surface area contributed by atoms with Crippen LogP contribution in [-0.4, -0.2) is 22.0 Å². The van der Waals surface area contributed by atoms with Crippen LogP contribution in [0.2, 0.25) is 0 Å². The summed E-state index contributed by atoms with van der Waals surface area (Å²) in [5.74, 6) is -1.35. The molecular weight excluding hydrogens is 264 g/mol. The molecule has 2 aromatic rings. The van der Waals surface area contributed by atoms with Crippen LogP contribution in [0.4, 0.5) is 5.69 Å². The van der Waals surface area contributed by atoms with Crippen molar-refractivity contribution in [1.29, 1.82) is 0 Å². The lowest BCUT2D eigenvalue weighted by molar-refractivity contribution is 0.0695. The van der Waals surface area contributed by atoms with Crippen molar-refractivity contribution in [1.82, 2.24) is 4.98 Å². The quantitative estimate of drug-likeness (QED) is 0.903. The van der Waals surface area contributed by atoms with Crippen molar-refractivity contribution >= 4 is 28.9 Å². The number of carbonyl (C=O) groups excluding carboxylic acids is 1. The van der Waals surface area contributed by atoms with Crippen LogP contribution in [0.25, 0.3) is 0 Å². The van der Waals surface area contributed by atoms with Gasteiger partial charge < -0.3 is 10.4 Å². The monoisotopic (exact) mass is 276 g/mol. The Kier molecular flexibility index (Phi) is 3.62. The van der Waals surface area contributed by atoms with Crippen LogP contribution in [-0.2, 0) is 0 Å². The molecule has 0 aliphatic rings. The molecule has 0 spiro atoms. The smallest absolute Gasteiger partial charge is 0.336 e. The number of aryl methyl sites for hydroxylation is 1. The molecule has 0 aliphatic heterocycles. The summed E-state index contributed by atoms with van der Waals surface area (Å²) in [5, 5.41) is 14.2. The number of rotatable bonds is 3. The van der Waals surface area contributed by atoms with Gasteiger partial charge >= 0.3 is 5.97 Å². The number of hydrogen-bond acceptors (Lipinski definition) is 4. The van der Waals surface area contributed by atoms with E-state index in [1.807, 2.05) is 6.92 Å². The first-order valence-corrected chi connectivity index (χ1v) is 6.43. The molecule has 0 saturated carbocycles. The van der Waals surface area contributed by atoms with Crippen molar-refractivity contribution < 1.29 is 14.7 Å². The van der Waals surface area contributed by atoms with Gasteiger partial charge in [0, 0.05) is 11.1 Å². The molecule has 2 N–H and O–H groups in total. The van der Waals surface area contributed by atoms with Crippen molar-refractivity contribution in [3.63, 3.8) is 0 Å². The van der Waals surface area contributed by atoms with E-state index in [2.05, 4.69) is 10.3 Å². The van der Waals surface area contributed by atoms with E-state index < -0.39 is 5.97 Å². The number of amides is 1. The molecule has 2 rings (SSSR count). The maximum atomic E-state index is 11.9. The summed E-state index contributed by atoms with van der Waals surface area (Å²) in [4.78, 5) is 27.0. The van der Waals surface area contributed by atoms with Gasteiger partial charge in [-0.25, -0.2) is 9.78 Å². The lowest BCUT2D eigenvalue weighted by Crippen LogP contribution is -2.14. The van der Waals surface area contributed by atoms with Crippen molar-refractivity contribution in [3.05, 3.63) is 45.4 Å². The number of carbonyl (C=O) groups is 2. The van der Waals surface area contributed by atoms with Gasteiger partial charge in [0.15, 0.2) is 0 Å². The first-order valence-electron chi connectivity index (χ1n) is 5.55. The molecule has 98 valence electrons. The van der Waals surface area contributed by atoms with Gasteiger partial charge in [-0.2, -0.15) is 0 Å². The molecule has 0 unspecified atom stereocenters. The van der Waals surface area contributed by atoms with Gasteiger partial charge in [-0.3, -0.25) is 4.79 Å². The number of thiazole rings is 1. The highest BCUT2D eigenvalue weighted by atomic mass is 32.1. The van der Waals surface area contributed by atoms with Gasteiger partial charge in [-0.15, -0.1) is 11.3 Å². The topological polar surface area (TPSA) is 79.3 Å². The lowest BCUT2D eigenvalue weighted by atomic mass is 10.1. The van der Waals surface area contributed by atoms with E-state index in [1.54, 1.807) is 24.4 Å². The van der Waals surface area contributed by atoms with E-state index in [1.165, 1.54) is 17.4 Å². The van der Waals surface area contributed by atoms with E-state index in [0.717, 1.165) is 5.01 Å². The fourth-order valence-corrected chi connectivity index (χ4v) is 2.25. The van der Waals surface area contributed by atoms with Crippen LogP contribution in [0.15, 0.2) is 23.6 Å². The molecular formula is C13H12N2O3S. The van der Waals surface area contributed by atoms with Gasteiger partial charge in [0.05, 0.1) is 10.6 Å². The van der Waals surface area contributed by atoms with Crippen molar-refractivity contribution in [2.45, 2.75) is 13.8 Å². The van der Waals surface area contributed by atoms with Crippen LogP contribution in [0.5, 0.6) is 0 Å². The predicted molar refractivity (Wildman–Crippen MR) is 72.9 cm³/mol. The largest absolute Gasteiger partial charge is 0.478 e. The highest BCUT2D eigenvalue weighted by Gasteiger charge is 2.14. The van der Waals surface area contributed by atoms with Gasteiger partial charge in [-0.1, -0.05) is 6.07 Å². The average Bonchev–Trinajstić information content (AvgIpc) is 2.78. The summed E-state index contributed by atoms with van der Waals surface area (Å²) in [6, 6.07) is 4.76. The van der Waals surface area contributed by atoms with E-state index in [9.17, 15) is 9.59 Å². The summed E-state index contributed by atoms with van der Waals surface area (Å²) in [7, 11) is 0. The number of anilines is 1. The van der Waals surface area contributed by atoms with Gasteiger partial charge in [-0.05, 0) is 31.5 Å². The number of aromatic nitrogens is 1. The van der Waals surface area contributed by atoms with Gasteiger partial charge in [0.25, 0.3) is 5.91 Å². The molecule has 1 heterocycles. The highest BCUT2D eigenvalue weighted by Crippen LogP contribution is 2.20. The van der Waals surface area contributed by atoms with Crippen LogP contribution < -0.4 is 5.32 Å². The molecule has 0 bridgehead atoms. The Balaban J connectivity index is 2.27.